The normalized spacial score (nSPS) is 10.7. The van der Waals surface area contributed by atoms with E-state index in [1.807, 2.05) is 13.0 Å². The highest BCUT2D eigenvalue weighted by molar-refractivity contribution is 5.73. The summed E-state index contributed by atoms with van der Waals surface area (Å²) < 4.78 is 58.5. The Kier molecular flexibility index (Phi) is 5.27. The zero-order valence-corrected chi connectivity index (χ0v) is 14.5. The molecule has 0 saturated carbocycles. The molecule has 0 aliphatic rings. The van der Waals surface area contributed by atoms with Crippen molar-refractivity contribution in [1.29, 1.82) is 5.26 Å². The molecule has 0 unspecified atom stereocenters. The van der Waals surface area contributed by atoms with Gasteiger partial charge in [0.25, 0.3) is 0 Å². The molecule has 0 atom stereocenters. The van der Waals surface area contributed by atoms with Crippen molar-refractivity contribution in [2.45, 2.75) is 19.8 Å². The molecule has 0 amide bonds. The Morgan fingerprint density at radius 2 is 1.11 bits per heavy atom. The Hall–Kier alpha value is -3.13. The highest BCUT2D eigenvalue weighted by atomic mass is 19.2. The van der Waals surface area contributed by atoms with Crippen LogP contribution in [0.1, 0.15) is 24.5 Å². The fourth-order valence-electron chi connectivity index (χ4n) is 2.98. The average molecular weight is 369 g/mol. The first-order chi connectivity index (χ1) is 13.0. The minimum Gasteiger partial charge on any atom is -0.203 e. The van der Waals surface area contributed by atoms with Gasteiger partial charge in [-0.05, 0) is 35.2 Å². The van der Waals surface area contributed by atoms with Gasteiger partial charge in [-0.25, -0.2) is 17.6 Å². The largest absolute Gasteiger partial charge is 0.203 e. The second kappa shape index (κ2) is 7.63. The molecule has 0 spiro atoms. The van der Waals surface area contributed by atoms with Crippen LogP contribution in [-0.2, 0) is 6.42 Å². The molecule has 0 radical (unpaired) electrons. The number of rotatable bonds is 4. The van der Waals surface area contributed by atoms with Crippen LogP contribution >= 0.6 is 0 Å². The minimum absolute atomic E-state index is 0.0494. The Bertz CT molecular complexity index is 987. The molecule has 136 valence electrons. The summed E-state index contributed by atoms with van der Waals surface area (Å²) >= 11 is 0. The summed E-state index contributed by atoms with van der Waals surface area (Å²) in [5.74, 6) is -5.83. The van der Waals surface area contributed by atoms with E-state index in [4.69, 9.17) is 5.26 Å². The Labute approximate surface area is 154 Å². The van der Waals surface area contributed by atoms with Crippen molar-refractivity contribution in [3.63, 3.8) is 0 Å². The molecule has 3 aromatic carbocycles. The van der Waals surface area contributed by atoms with Crippen LogP contribution in [0, 0.1) is 34.6 Å². The molecular weight excluding hydrogens is 354 g/mol. The standard InChI is InChI=1S/C22H15F4N/c1-2-3-13-4-8-15(9-5-13)17-19(23)21(25)18(22(26)20(17)24)16-10-6-14(12-27)7-11-16/h4-11H,2-3H2,1H3. The Balaban J connectivity index is 2.14. The Morgan fingerprint density at radius 1 is 0.704 bits per heavy atom. The summed E-state index contributed by atoms with van der Waals surface area (Å²) in [6, 6.07) is 13.3. The predicted molar refractivity (Wildman–Crippen MR) is 95.9 cm³/mol. The lowest BCUT2D eigenvalue weighted by Crippen LogP contribution is -2.03. The second-order valence-corrected chi connectivity index (χ2v) is 6.14. The summed E-state index contributed by atoms with van der Waals surface area (Å²) in [5.41, 5.74) is -0.270. The molecule has 0 saturated heterocycles. The van der Waals surface area contributed by atoms with E-state index in [-0.39, 0.29) is 16.7 Å². The van der Waals surface area contributed by atoms with Gasteiger partial charge in [-0.3, -0.25) is 0 Å². The number of nitrogens with zero attached hydrogens (tertiary/aromatic N) is 1. The topological polar surface area (TPSA) is 23.8 Å². The van der Waals surface area contributed by atoms with Crippen LogP contribution in [-0.4, -0.2) is 0 Å². The van der Waals surface area contributed by atoms with E-state index in [0.717, 1.165) is 18.4 Å². The molecule has 0 fully saturated rings. The molecule has 0 N–H and O–H groups in total. The molecule has 0 aliphatic heterocycles. The van der Waals surface area contributed by atoms with E-state index < -0.39 is 34.4 Å². The number of halogens is 4. The SMILES string of the molecule is CCCc1ccc(-c2c(F)c(F)c(-c3ccc(C#N)cc3)c(F)c2F)cc1. The van der Waals surface area contributed by atoms with Gasteiger partial charge >= 0.3 is 0 Å². The van der Waals surface area contributed by atoms with E-state index in [0.29, 0.717) is 0 Å². The number of aryl methyl sites for hydroxylation is 1. The fourth-order valence-corrected chi connectivity index (χ4v) is 2.98. The number of hydrogen-bond acceptors (Lipinski definition) is 1. The van der Waals surface area contributed by atoms with Gasteiger partial charge in [0, 0.05) is 0 Å². The van der Waals surface area contributed by atoms with Crippen LogP contribution in [0.3, 0.4) is 0 Å². The van der Waals surface area contributed by atoms with Crippen LogP contribution in [0.2, 0.25) is 0 Å². The van der Waals surface area contributed by atoms with Crippen LogP contribution in [0.15, 0.2) is 48.5 Å². The smallest absolute Gasteiger partial charge is 0.170 e. The van der Waals surface area contributed by atoms with Crippen LogP contribution in [0.25, 0.3) is 22.3 Å². The van der Waals surface area contributed by atoms with E-state index >= 15 is 0 Å². The molecule has 3 aromatic rings. The zero-order valence-electron chi connectivity index (χ0n) is 14.5. The summed E-state index contributed by atoms with van der Waals surface area (Å²) in [6.45, 7) is 2.00. The van der Waals surface area contributed by atoms with Crippen molar-refractivity contribution in [3.8, 4) is 28.3 Å². The molecule has 5 heteroatoms. The first-order valence-electron chi connectivity index (χ1n) is 8.43. The molecular formula is C22H15F4N. The number of nitriles is 1. The van der Waals surface area contributed by atoms with E-state index in [2.05, 4.69) is 0 Å². The molecule has 1 nitrogen and oxygen atoms in total. The molecule has 0 heterocycles. The van der Waals surface area contributed by atoms with Gasteiger partial charge in [0.2, 0.25) is 0 Å². The lowest BCUT2D eigenvalue weighted by molar-refractivity contribution is 0.463. The van der Waals surface area contributed by atoms with Crippen molar-refractivity contribution in [1.82, 2.24) is 0 Å². The second-order valence-electron chi connectivity index (χ2n) is 6.14. The average Bonchev–Trinajstić information content (AvgIpc) is 2.69. The summed E-state index contributed by atoms with van der Waals surface area (Å²) in [6.07, 6.45) is 1.70. The maximum atomic E-state index is 14.6. The summed E-state index contributed by atoms with van der Waals surface area (Å²) in [7, 11) is 0. The summed E-state index contributed by atoms with van der Waals surface area (Å²) in [4.78, 5) is 0. The van der Waals surface area contributed by atoms with Gasteiger partial charge in [0.15, 0.2) is 23.3 Å². The third kappa shape index (κ3) is 3.43. The monoisotopic (exact) mass is 369 g/mol. The maximum Gasteiger partial charge on any atom is 0.170 e. The highest BCUT2D eigenvalue weighted by Gasteiger charge is 2.27. The number of benzene rings is 3. The van der Waals surface area contributed by atoms with Crippen molar-refractivity contribution >= 4 is 0 Å². The quantitative estimate of drug-likeness (QED) is 0.385. The van der Waals surface area contributed by atoms with Crippen LogP contribution in [0.5, 0.6) is 0 Å². The maximum absolute atomic E-state index is 14.6. The zero-order chi connectivity index (χ0) is 19.6. The van der Waals surface area contributed by atoms with Gasteiger partial charge < -0.3 is 0 Å². The van der Waals surface area contributed by atoms with Gasteiger partial charge in [-0.1, -0.05) is 49.7 Å². The first-order valence-corrected chi connectivity index (χ1v) is 8.43. The summed E-state index contributed by atoms with van der Waals surface area (Å²) in [5, 5.41) is 8.79. The van der Waals surface area contributed by atoms with E-state index in [1.54, 1.807) is 12.1 Å². The Morgan fingerprint density at radius 3 is 1.48 bits per heavy atom. The van der Waals surface area contributed by atoms with E-state index in [1.165, 1.54) is 36.4 Å². The third-order valence-corrected chi connectivity index (χ3v) is 4.35. The van der Waals surface area contributed by atoms with Crippen LogP contribution < -0.4 is 0 Å². The first kappa shape index (κ1) is 18.7. The minimum atomic E-state index is -1.47. The fraction of sp³-hybridized carbons (Fsp3) is 0.136. The third-order valence-electron chi connectivity index (χ3n) is 4.35. The lowest BCUT2D eigenvalue weighted by atomic mass is 9.96. The van der Waals surface area contributed by atoms with Crippen molar-refractivity contribution in [3.05, 3.63) is 82.9 Å². The number of hydrogen-bond donors (Lipinski definition) is 0. The highest BCUT2D eigenvalue weighted by Crippen LogP contribution is 2.37. The van der Waals surface area contributed by atoms with Crippen molar-refractivity contribution in [2.75, 3.05) is 0 Å². The van der Waals surface area contributed by atoms with Crippen molar-refractivity contribution in [2.24, 2.45) is 0 Å². The predicted octanol–water partition coefficient (Wildman–Crippen LogP) is 6.40. The molecule has 27 heavy (non-hydrogen) atoms. The van der Waals surface area contributed by atoms with Gasteiger partial charge in [0.05, 0.1) is 22.8 Å². The van der Waals surface area contributed by atoms with Gasteiger partial charge in [-0.2, -0.15) is 5.26 Å². The molecule has 0 bridgehead atoms. The van der Waals surface area contributed by atoms with Gasteiger partial charge in [-0.15, -0.1) is 0 Å². The molecule has 3 rings (SSSR count). The molecule has 0 aromatic heterocycles. The van der Waals surface area contributed by atoms with Crippen molar-refractivity contribution < 1.29 is 17.6 Å². The lowest BCUT2D eigenvalue weighted by Gasteiger charge is -2.13. The van der Waals surface area contributed by atoms with Crippen LogP contribution in [0.4, 0.5) is 17.6 Å². The van der Waals surface area contributed by atoms with Gasteiger partial charge in [0.1, 0.15) is 0 Å². The van der Waals surface area contributed by atoms with E-state index in [9.17, 15) is 17.6 Å². The molecule has 0 aliphatic carbocycles.